The van der Waals surface area contributed by atoms with E-state index >= 15 is 0 Å². The van der Waals surface area contributed by atoms with Gasteiger partial charge in [-0.25, -0.2) is 0 Å². The quantitative estimate of drug-likeness (QED) is 0.0596. The van der Waals surface area contributed by atoms with E-state index in [1.54, 1.807) is 24.0 Å². The molecule has 8 N–H and O–H groups in total. The van der Waals surface area contributed by atoms with E-state index in [1.165, 1.54) is 17.5 Å². The van der Waals surface area contributed by atoms with Gasteiger partial charge in [0.25, 0.3) is 0 Å². The number of likely N-dealkylation sites (tertiary alicyclic amines) is 1. The molecular weight excluding hydrogens is 921 g/mol. The summed E-state index contributed by atoms with van der Waals surface area (Å²) < 4.78 is 0. The molecule has 1 saturated heterocycles. The van der Waals surface area contributed by atoms with Crippen LogP contribution >= 0.6 is 0 Å². The first-order valence-electron chi connectivity index (χ1n) is 25.6. The van der Waals surface area contributed by atoms with Gasteiger partial charge in [0.2, 0.25) is 35.4 Å². The SMILES string of the molecule is Cc1cc(O)cc(C)c1C[C@H](N)C(=O)N(C)[C@H](C)C(=O)N[C@H]1Cc2c(ccc3ccccc23)CN(CCC(=O)N[C@@H](CCCN2CCC(Cc3ccccc3)CC2)C(=O)N[C@@H](Cc2ccccc2)C(N)=O)C1=O. The van der Waals surface area contributed by atoms with Crippen molar-refractivity contribution in [2.75, 3.05) is 33.2 Å². The zero-order valence-corrected chi connectivity index (χ0v) is 42.6. The molecule has 386 valence electrons. The molecular formula is C58H72N8O7. The molecule has 15 nitrogen and oxygen atoms in total. The van der Waals surface area contributed by atoms with Gasteiger partial charge in [0.15, 0.2) is 0 Å². The Kier molecular flexibility index (Phi) is 18.4. The number of likely N-dealkylation sites (N-methyl/N-ethyl adjacent to an activating group) is 1. The third kappa shape index (κ3) is 14.3. The molecule has 5 aromatic rings. The first kappa shape index (κ1) is 53.7. The highest BCUT2D eigenvalue weighted by molar-refractivity contribution is 5.95. The Hall–Kier alpha value is -7.10. The predicted molar refractivity (Wildman–Crippen MR) is 283 cm³/mol. The van der Waals surface area contributed by atoms with Gasteiger partial charge in [0, 0.05) is 39.4 Å². The molecule has 7 rings (SSSR count). The molecule has 15 heteroatoms. The van der Waals surface area contributed by atoms with Crippen LogP contribution in [0.25, 0.3) is 10.8 Å². The first-order valence-corrected chi connectivity index (χ1v) is 25.6. The van der Waals surface area contributed by atoms with Crippen molar-refractivity contribution in [2.24, 2.45) is 17.4 Å². The normalized spacial score (nSPS) is 16.9. The van der Waals surface area contributed by atoms with Crippen LogP contribution in [-0.4, -0.2) is 119 Å². The second-order valence-corrected chi connectivity index (χ2v) is 20.1. The smallest absolute Gasteiger partial charge is 0.245 e. The monoisotopic (exact) mass is 993 g/mol. The lowest BCUT2D eigenvalue weighted by Crippen LogP contribution is -2.56. The molecule has 0 aromatic heterocycles. The second kappa shape index (κ2) is 25.0. The predicted octanol–water partition coefficient (Wildman–Crippen LogP) is 4.77. The van der Waals surface area contributed by atoms with E-state index in [2.05, 4.69) is 45.1 Å². The first-order chi connectivity index (χ1) is 35.0. The van der Waals surface area contributed by atoms with Crippen LogP contribution in [0.4, 0.5) is 0 Å². The van der Waals surface area contributed by atoms with Gasteiger partial charge in [-0.05, 0) is 147 Å². The number of nitrogens with two attached hydrogens (primary N) is 2. The summed E-state index contributed by atoms with van der Waals surface area (Å²) in [6.07, 6.45) is 4.52. The van der Waals surface area contributed by atoms with Crippen molar-refractivity contribution < 1.29 is 33.9 Å². The third-order valence-electron chi connectivity index (χ3n) is 14.8. The maximum atomic E-state index is 14.6. The number of phenolic OH excluding ortho intramolecular Hbond substituents is 1. The lowest BCUT2D eigenvalue weighted by atomic mass is 9.90. The van der Waals surface area contributed by atoms with Gasteiger partial charge >= 0.3 is 0 Å². The standard InChI is InChI=1S/C58H72N8O7/c1-37-30-45(67)31-38(2)47(37)34-49(59)57(72)64(4)39(3)55(70)63-52-35-48-44(22-21-43-18-11-12-19-46(43)48)36-66(58(52)73)29-25-53(68)61-50(56(71)62-51(54(60)69)33-41-16-9-6-10-17-41)20-13-26-65-27-23-42(24-28-65)32-40-14-7-5-8-15-40/h5-12,14-19,21-22,30-31,39,42,49-52,67H,13,20,23-29,32-36,59H2,1-4H3,(H2,60,69)(H,61,68)(H,62,71)(H,63,70)/t39-,49+,50+,51+,52+/m1/s1. The lowest BCUT2D eigenvalue weighted by molar-refractivity contribution is -0.141. The molecule has 73 heavy (non-hydrogen) atoms. The zero-order valence-electron chi connectivity index (χ0n) is 42.6. The largest absolute Gasteiger partial charge is 0.508 e. The summed E-state index contributed by atoms with van der Waals surface area (Å²) in [7, 11) is 1.51. The summed E-state index contributed by atoms with van der Waals surface area (Å²) in [6.45, 7) is 8.02. The molecule has 2 aliphatic heterocycles. The number of hydrogen-bond acceptors (Lipinski definition) is 9. The molecule has 2 aliphatic rings. The van der Waals surface area contributed by atoms with Crippen LogP contribution in [0.3, 0.4) is 0 Å². The Bertz CT molecular complexity index is 2720. The number of aryl methyl sites for hydroxylation is 2. The highest BCUT2D eigenvalue weighted by atomic mass is 16.3. The summed E-state index contributed by atoms with van der Waals surface area (Å²) in [6, 6.07) is 29.8. The minimum Gasteiger partial charge on any atom is -0.508 e. The summed E-state index contributed by atoms with van der Waals surface area (Å²) in [4.78, 5) is 88.4. The van der Waals surface area contributed by atoms with Crippen molar-refractivity contribution in [3.8, 4) is 5.75 Å². The Morgan fingerprint density at radius 3 is 2.11 bits per heavy atom. The summed E-state index contributed by atoms with van der Waals surface area (Å²) in [5.74, 6) is -2.35. The van der Waals surface area contributed by atoms with E-state index in [1.807, 2.05) is 86.6 Å². The molecule has 5 aromatic carbocycles. The molecule has 6 amide bonds. The van der Waals surface area contributed by atoms with Crippen molar-refractivity contribution >= 4 is 46.2 Å². The van der Waals surface area contributed by atoms with Crippen molar-refractivity contribution in [1.82, 2.24) is 30.7 Å². The highest BCUT2D eigenvalue weighted by Gasteiger charge is 2.35. The van der Waals surface area contributed by atoms with Gasteiger partial charge in [-0.3, -0.25) is 28.8 Å². The molecule has 0 unspecified atom stereocenters. The lowest BCUT2D eigenvalue weighted by Gasteiger charge is -2.32. The summed E-state index contributed by atoms with van der Waals surface area (Å²) >= 11 is 0. The van der Waals surface area contributed by atoms with Gasteiger partial charge < -0.3 is 47.2 Å². The fourth-order valence-corrected chi connectivity index (χ4v) is 10.4. The number of carbonyl (C=O) groups is 6. The number of fused-ring (bicyclic) bond motifs is 3. The highest BCUT2D eigenvalue weighted by Crippen LogP contribution is 2.29. The van der Waals surface area contributed by atoms with E-state index in [0.717, 1.165) is 83.0 Å². The fraction of sp³-hybridized carbons (Fsp3) is 0.414. The number of carbonyl (C=O) groups excluding carboxylic acids is 6. The number of amides is 6. The number of benzene rings is 5. The fourth-order valence-electron chi connectivity index (χ4n) is 10.4. The molecule has 0 spiro atoms. The number of phenols is 1. The van der Waals surface area contributed by atoms with Crippen LogP contribution in [0.2, 0.25) is 0 Å². The second-order valence-electron chi connectivity index (χ2n) is 20.1. The van der Waals surface area contributed by atoms with Crippen LogP contribution in [0.15, 0.2) is 109 Å². The van der Waals surface area contributed by atoms with Gasteiger partial charge in [-0.1, -0.05) is 97.1 Å². The molecule has 0 saturated carbocycles. The van der Waals surface area contributed by atoms with Gasteiger partial charge in [-0.15, -0.1) is 0 Å². The number of nitrogens with one attached hydrogen (secondary N) is 3. The average molecular weight is 993 g/mol. The Morgan fingerprint density at radius 1 is 0.795 bits per heavy atom. The van der Waals surface area contributed by atoms with Crippen LogP contribution in [0.5, 0.6) is 5.75 Å². The number of hydrogen-bond donors (Lipinski definition) is 6. The minimum atomic E-state index is -1.04. The Balaban J connectivity index is 1.02. The number of rotatable bonds is 21. The maximum Gasteiger partial charge on any atom is 0.245 e. The van der Waals surface area contributed by atoms with Crippen molar-refractivity contribution in [3.05, 3.63) is 148 Å². The Morgan fingerprint density at radius 2 is 1.44 bits per heavy atom. The molecule has 1 fully saturated rings. The van der Waals surface area contributed by atoms with Crippen LogP contribution < -0.4 is 27.4 Å². The van der Waals surface area contributed by atoms with E-state index in [0.29, 0.717) is 18.8 Å². The van der Waals surface area contributed by atoms with Crippen LogP contribution in [0, 0.1) is 19.8 Å². The molecule has 0 bridgehead atoms. The summed E-state index contributed by atoms with van der Waals surface area (Å²) in [5.41, 5.74) is 18.6. The van der Waals surface area contributed by atoms with E-state index in [4.69, 9.17) is 11.5 Å². The summed E-state index contributed by atoms with van der Waals surface area (Å²) in [5, 5.41) is 20.6. The zero-order chi connectivity index (χ0) is 52.2. The molecule has 5 atom stereocenters. The minimum absolute atomic E-state index is 0.0215. The van der Waals surface area contributed by atoms with Crippen LogP contribution in [0.1, 0.15) is 78.0 Å². The number of primary amides is 1. The van der Waals surface area contributed by atoms with Gasteiger partial charge in [0.05, 0.1) is 6.04 Å². The van der Waals surface area contributed by atoms with Crippen molar-refractivity contribution in [2.45, 2.75) is 115 Å². The molecule has 0 aliphatic carbocycles. The molecule has 0 radical (unpaired) electrons. The number of nitrogens with zero attached hydrogens (tertiary/aromatic N) is 3. The Labute approximate surface area is 429 Å². The third-order valence-corrected chi connectivity index (χ3v) is 14.8. The van der Waals surface area contributed by atoms with Gasteiger partial charge in [-0.2, -0.15) is 0 Å². The number of aromatic hydroxyl groups is 1. The molecule has 2 heterocycles. The van der Waals surface area contributed by atoms with E-state index in [9.17, 15) is 33.9 Å². The van der Waals surface area contributed by atoms with Crippen molar-refractivity contribution in [3.63, 3.8) is 0 Å². The van der Waals surface area contributed by atoms with Gasteiger partial charge in [0.1, 0.15) is 29.9 Å². The topological polar surface area (TPSA) is 220 Å². The van der Waals surface area contributed by atoms with Crippen LogP contribution in [-0.2, 0) is 61.0 Å². The van der Waals surface area contributed by atoms with E-state index in [-0.39, 0.29) is 44.5 Å². The maximum absolute atomic E-state index is 14.6. The van der Waals surface area contributed by atoms with Crippen molar-refractivity contribution in [1.29, 1.82) is 0 Å². The average Bonchev–Trinajstić information content (AvgIpc) is 3.51. The number of piperidine rings is 1. The van der Waals surface area contributed by atoms with E-state index < -0.39 is 65.7 Å².